The maximum Gasteiger partial charge on any atom is 0.224 e. The highest BCUT2D eigenvalue weighted by atomic mass is 16.1. The number of hydrogen-bond acceptors (Lipinski definition) is 6. The smallest absolute Gasteiger partial charge is 0.224 e. The summed E-state index contributed by atoms with van der Waals surface area (Å²) in [4.78, 5) is 17.6. The molecule has 4 heterocycles. The van der Waals surface area contributed by atoms with Crippen LogP contribution < -0.4 is 10.2 Å². The summed E-state index contributed by atoms with van der Waals surface area (Å²) in [5.74, 6) is 0.900. The monoisotopic (exact) mass is 461 g/mol. The zero-order valence-corrected chi connectivity index (χ0v) is 20.5. The topological polar surface area (TPSA) is 79.2 Å². The number of aromatic nitrogens is 4. The van der Waals surface area contributed by atoms with Gasteiger partial charge in [0.25, 0.3) is 0 Å². The van der Waals surface area contributed by atoms with E-state index in [-0.39, 0.29) is 11.8 Å². The molecule has 2 fully saturated rings. The van der Waals surface area contributed by atoms with Crippen LogP contribution in [0.2, 0.25) is 0 Å². The van der Waals surface area contributed by atoms with Gasteiger partial charge in [-0.2, -0.15) is 10.2 Å². The highest BCUT2D eigenvalue weighted by Crippen LogP contribution is 2.31. The number of amides is 1. The molecule has 0 radical (unpaired) electrons. The molecule has 34 heavy (non-hydrogen) atoms. The molecule has 2 aromatic heterocycles. The van der Waals surface area contributed by atoms with Crippen molar-refractivity contribution in [3.8, 4) is 5.69 Å². The van der Waals surface area contributed by atoms with Gasteiger partial charge in [-0.25, -0.2) is 4.68 Å². The Bertz CT molecular complexity index is 1160. The Labute approximate surface area is 201 Å². The fraction of sp³-hybridized carbons (Fsp3) is 0.538. The normalized spacial score (nSPS) is 19.1. The Morgan fingerprint density at radius 1 is 1.03 bits per heavy atom. The molecule has 0 aliphatic carbocycles. The van der Waals surface area contributed by atoms with Crippen molar-refractivity contribution >= 4 is 22.6 Å². The molecular weight excluding hydrogens is 426 g/mol. The van der Waals surface area contributed by atoms with Gasteiger partial charge in [0.05, 0.1) is 28.4 Å². The van der Waals surface area contributed by atoms with E-state index in [9.17, 15) is 4.79 Å². The third-order valence-corrected chi connectivity index (χ3v) is 7.28. The van der Waals surface area contributed by atoms with E-state index in [1.165, 1.54) is 18.4 Å². The van der Waals surface area contributed by atoms with E-state index < -0.39 is 0 Å². The molecule has 3 aromatic rings. The van der Waals surface area contributed by atoms with E-state index in [1.54, 1.807) is 0 Å². The van der Waals surface area contributed by atoms with Gasteiger partial charge in [-0.1, -0.05) is 17.7 Å². The van der Waals surface area contributed by atoms with E-state index in [4.69, 9.17) is 5.10 Å². The van der Waals surface area contributed by atoms with Gasteiger partial charge < -0.3 is 15.1 Å². The second kappa shape index (κ2) is 9.70. The van der Waals surface area contributed by atoms with E-state index >= 15 is 0 Å². The predicted molar refractivity (Wildman–Crippen MR) is 134 cm³/mol. The molecule has 1 unspecified atom stereocenters. The fourth-order valence-electron chi connectivity index (χ4n) is 5.33. The Morgan fingerprint density at radius 2 is 1.79 bits per heavy atom. The number of carbonyl (C=O) groups excluding carboxylic acids is 1. The van der Waals surface area contributed by atoms with Crippen molar-refractivity contribution in [1.82, 2.24) is 30.2 Å². The van der Waals surface area contributed by atoms with Crippen LogP contribution in [0.3, 0.4) is 0 Å². The number of anilines is 1. The Kier molecular flexibility index (Phi) is 6.50. The average molecular weight is 462 g/mol. The first-order chi connectivity index (χ1) is 16.5. The number of fused-ring (bicyclic) bond motifs is 1. The summed E-state index contributed by atoms with van der Waals surface area (Å²) in [5.41, 5.74) is 5.04. The van der Waals surface area contributed by atoms with Gasteiger partial charge >= 0.3 is 0 Å². The van der Waals surface area contributed by atoms with E-state index in [1.807, 2.05) is 11.6 Å². The molecule has 2 saturated heterocycles. The fourth-order valence-corrected chi connectivity index (χ4v) is 5.33. The zero-order valence-electron chi connectivity index (χ0n) is 20.5. The zero-order chi connectivity index (χ0) is 23.7. The van der Waals surface area contributed by atoms with Gasteiger partial charge in [0.15, 0.2) is 5.82 Å². The lowest BCUT2D eigenvalue weighted by atomic mass is 9.97. The van der Waals surface area contributed by atoms with Gasteiger partial charge in [0.2, 0.25) is 5.91 Å². The van der Waals surface area contributed by atoms with Gasteiger partial charge in [0, 0.05) is 26.2 Å². The van der Waals surface area contributed by atoms with Crippen LogP contribution in [0.25, 0.3) is 16.6 Å². The summed E-state index contributed by atoms with van der Waals surface area (Å²) < 4.78 is 1.98. The second-order valence-corrected chi connectivity index (χ2v) is 9.79. The maximum atomic E-state index is 12.9. The van der Waals surface area contributed by atoms with Crippen molar-refractivity contribution in [2.45, 2.75) is 46.5 Å². The molecule has 8 nitrogen and oxygen atoms in total. The van der Waals surface area contributed by atoms with Crippen LogP contribution in [-0.4, -0.2) is 70.1 Å². The Hall–Kier alpha value is -3.00. The number of benzene rings is 1. The Balaban J connectivity index is 1.35. The molecule has 0 bridgehead atoms. The number of carbonyl (C=O) groups is 1. The molecule has 1 N–H and O–H groups in total. The highest BCUT2D eigenvalue weighted by molar-refractivity contribution is 5.92. The lowest BCUT2D eigenvalue weighted by molar-refractivity contribution is -0.125. The number of hydrogen-bond donors (Lipinski definition) is 1. The number of rotatable bonds is 6. The molecule has 8 heteroatoms. The number of nitrogens with zero attached hydrogens (tertiary/aromatic N) is 6. The summed E-state index contributed by atoms with van der Waals surface area (Å²) in [6.07, 6.45) is 4.41. The van der Waals surface area contributed by atoms with Crippen molar-refractivity contribution in [3.05, 3.63) is 41.2 Å². The third-order valence-electron chi connectivity index (χ3n) is 7.28. The van der Waals surface area contributed by atoms with Crippen LogP contribution in [0.1, 0.15) is 42.6 Å². The Morgan fingerprint density at radius 3 is 2.56 bits per heavy atom. The van der Waals surface area contributed by atoms with Crippen LogP contribution >= 0.6 is 0 Å². The first-order valence-corrected chi connectivity index (χ1v) is 12.6. The second-order valence-electron chi connectivity index (χ2n) is 9.79. The van der Waals surface area contributed by atoms with Crippen molar-refractivity contribution in [2.24, 2.45) is 5.92 Å². The summed E-state index contributed by atoms with van der Waals surface area (Å²) in [6, 6.07) is 8.38. The molecule has 2 aliphatic rings. The molecule has 180 valence electrons. The molecule has 0 spiro atoms. The minimum atomic E-state index is -0.0363. The molecule has 1 atom stereocenters. The molecule has 2 aliphatic heterocycles. The van der Waals surface area contributed by atoms with Gasteiger partial charge in [-0.05, 0) is 71.7 Å². The number of aryl methyl sites for hydroxylation is 3. The minimum absolute atomic E-state index is 0.0363. The standard InChI is InChI=1S/C26H35N7O/c1-18-8-10-22(11-9-18)33-20(3)23-19(2)28-29-25(24(23)30-33)32-15-6-7-21(17-32)26(34)27-12-16-31-13-4-5-14-31/h8-11,21H,4-7,12-17H2,1-3H3,(H,27,34). The molecule has 1 amide bonds. The SMILES string of the molecule is Cc1ccc(-n2nc3c(N4CCCC(C(=O)NCCN5CCCC5)C4)nnc(C)c3c2C)cc1. The van der Waals surface area contributed by atoms with Crippen molar-refractivity contribution in [3.63, 3.8) is 0 Å². The van der Waals surface area contributed by atoms with E-state index in [2.05, 4.69) is 63.4 Å². The number of likely N-dealkylation sites (tertiary alicyclic amines) is 1. The minimum Gasteiger partial charge on any atom is -0.355 e. The lowest BCUT2D eigenvalue weighted by Gasteiger charge is -2.32. The summed E-state index contributed by atoms with van der Waals surface area (Å²) >= 11 is 0. The average Bonchev–Trinajstić information content (AvgIpc) is 3.48. The summed E-state index contributed by atoms with van der Waals surface area (Å²) in [7, 11) is 0. The molecule has 5 rings (SSSR count). The van der Waals surface area contributed by atoms with Crippen molar-refractivity contribution < 1.29 is 4.79 Å². The molecular formula is C26H35N7O. The van der Waals surface area contributed by atoms with Crippen LogP contribution in [0.5, 0.6) is 0 Å². The van der Waals surface area contributed by atoms with E-state index in [0.29, 0.717) is 6.54 Å². The van der Waals surface area contributed by atoms with Crippen LogP contribution in [0.4, 0.5) is 5.82 Å². The lowest BCUT2D eigenvalue weighted by Crippen LogP contribution is -2.45. The van der Waals surface area contributed by atoms with Crippen LogP contribution in [0.15, 0.2) is 24.3 Å². The molecule has 1 aromatic carbocycles. The van der Waals surface area contributed by atoms with Crippen LogP contribution in [0, 0.1) is 26.7 Å². The summed E-state index contributed by atoms with van der Waals surface area (Å²) in [5, 5.41) is 18.2. The first-order valence-electron chi connectivity index (χ1n) is 12.6. The number of nitrogens with one attached hydrogen (secondary N) is 1. The summed E-state index contributed by atoms with van der Waals surface area (Å²) in [6.45, 7) is 11.7. The number of piperidine rings is 1. The quantitative estimate of drug-likeness (QED) is 0.608. The first kappa shape index (κ1) is 22.8. The molecule has 0 saturated carbocycles. The van der Waals surface area contributed by atoms with Crippen molar-refractivity contribution in [1.29, 1.82) is 0 Å². The largest absolute Gasteiger partial charge is 0.355 e. The third kappa shape index (κ3) is 4.51. The van der Waals surface area contributed by atoms with Gasteiger partial charge in [-0.15, -0.1) is 5.10 Å². The van der Waals surface area contributed by atoms with Crippen molar-refractivity contribution in [2.75, 3.05) is 44.2 Å². The van der Waals surface area contributed by atoms with Gasteiger partial charge in [-0.3, -0.25) is 4.79 Å². The van der Waals surface area contributed by atoms with E-state index in [0.717, 1.165) is 79.4 Å². The predicted octanol–water partition coefficient (Wildman–Crippen LogP) is 3.17. The van der Waals surface area contributed by atoms with Crippen LogP contribution in [-0.2, 0) is 4.79 Å². The highest BCUT2D eigenvalue weighted by Gasteiger charge is 2.29. The maximum absolute atomic E-state index is 12.9. The van der Waals surface area contributed by atoms with Gasteiger partial charge in [0.1, 0.15) is 5.52 Å².